The van der Waals surface area contributed by atoms with E-state index < -0.39 is 5.91 Å². The molecule has 3 aromatic rings. The van der Waals surface area contributed by atoms with Crippen LogP contribution in [0.5, 0.6) is 0 Å². The van der Waals surface area contributed by atoms with Crippen LogP contribution in [0.2, 0.25) is 5.02 Å². The number of nitrogens with one attached hydrogen (secondary N) is 1. The van der Waals surface area contributed by atoms with Crippen LogP contribution in [0.4, 0.5) is 0 Å². The highest BCUT2D eigenvalue weighted by Crippen LogP contribution is 2.18. The second-order valence-electron chi connectivity index (χ2n) is 6.53. The molecule has 0 saturated heterocycles. The second kappa shape index (κ2) is 9.04. The molecule has 0 unspecified atom stereocenters. The summed E-state index contributed by atoms with van der Waals surface area (Å²) in [6.07, 6.45) is 0. The average Bonchev–Trinajstić information content (AvgIpc) is 2.71. The van der Waals surface area contributed by atoms with Crippen molar-refractivity contribution < 1.29 is 9.21 Å². The van der Waals surface area contributed by atoms with E-state index >= 15 is 0 Å². The van der Waals surface area contributed by atoms with E-state index in [0.29, 0.717) is 22.5 Å². The molecule has 2 aromatic carbocycles. The van der Waals surface area contributed by atoms with Crippen molar-refractivity contribution in [3.8, 4) is 0 Å². The lowest BCUT2D eigenvalue weighted by molar-refractivity contribution is 0.0923. The van der Waals surface area contributed by atoms with Crippen molar-refractivity contribution in [2.75, 3.05) is 13.1 Å². The highest BCUT2D eigenvalue weighted by molar-refractivity contribution is 6.31. The van der Waals surface area contributed by atoms with Gasteiger partial charge in [0.05, 0.1) is 5.39 Å². The number of halogens is 1. The van der Waals surface area contributed by atoms with Gasteiger partial charge in [-0.05, 0) is 42.4 Å². The molecule has 0 aliphatic heterocycles. The van der Waals surface area contributed by atoms with Crippen LogP contribution in [0.3, 0.4) is 0 Å². The normalized spacial score (nSPS) is 11.1. The molecule has 146 valence electrons. The Morgan fingerprint density at radius 3 is 2.50 bits per heavy atom. The van der Waals surface area contributed by atoms with Gasteiger partial charge in [-0.25, -0.2) is 0 Å². The summed E-state index contributed by atoms with van der Waals surface area (Å²) in [6.45, 7) is 7.36. The first-order chi connectivity index (χ1) is 13.5. The van der Waals surface area contributed by atoms with Crippen molar-refractivity contribution in [3.63, 3.8) is 0 Å². The summed E-state index contributed by atoms with van der Waals surface area (Å²) in [4.78, 5) is 27.1. The van der Waals surface area contributed by atoms with E-state index in [1.54, 1.807) is 12.1 Å². The van der Waals surface area contributed by atoms with Crippen LogP contribution in [-0.4, -0.2) is 23.9 Å². The molecular weight excluding hydrogens is 376 g/mol. The fourth-order valence-electron chi connectivity index (χ4n) is 3.08. The molecule has 0 fully saturated rings. The summed E-state index contributed by atoms with van der Waals surface area (Å²) in [5.41, 5.74) is 2.25. The molecule has 28 heavy (non-hydrogen) atoms. The van der Waals surface area contributed by atoms with Crippen LogP contribution in [-0.2, 0) is 13.1 Å². The smallest absolute Gasteiger partial charge is 0.287 e. The molecule has 1 N–H and O–H groups in total. The number of benzene rings is 2. The number of fused-ring (bicyclic) bond motifs is 1. The number of hydrogen-bond donors (Lipinski definition) is 1. The molecule has 1 heterocycles. The summed E-state index contributed by atoms with van der Waals surface area (Å²) in [5.74, 6) is -0.437. The molecule has 0 aliphatic rings. The van der Waals surface area contributed by atoms with E-state index in [1.165, 1.54) is 17.7 Å². The van der Waals surface area contributed by atoms with E-state index in [-0.39, 0.29) is 11.2 Å². The van der Waals surface area contributed by atoms with Crippen LogP contribution < -0.4 is 10.7 Å². The Labute approximate surface area is 168 Å². The van der Waals surface area contributed by atoms with Crippen molar-refractivity contribution in [3.05, 3.63) is 80.7 Å². The molecule has 6 heteroatoms. The zero-order valence-corrected chi connectivity index (χ0v) is 16.8. The Morgan fingerprint density at radius 1 is 1.07 bits per heavy atom. The Balaban J connectivity index is 1.77. The van der Waals surface area contributed by atoms with Gasteiger partial charge in [0.25, 0.3) is 5.91 Å². The van der Waals surface area contributed by atoms with Crippen LogP contribution in [0.25, 0.3) is 11.0 Å². The molecule has 0 radical (unpaired) electrons. The Bertz CT molecular complexity index is 1040. The van der Waals surface area contributed by atoms with Gasteiger partial charge >= 0.3 is 0 Å². The van der Waals surface area contributed by atoms with Gasteiger partial charge in [0.15, 0.2) is 11.2 Å². The van der Waals surface area contributed by atoms with Gasteiger partial charge in [0, 0.05) is 24.2 Å². The summed E-state index contributed by atoms with van der Waals surface area (Å²) < 4.78 is 5.60. The van der Waals surface area contributed by atoms with Crippen molar-refractivity contribution in [1.82, 2.24) is 10.2 Å². The zero-order chi connectivity index (χ0) is 20.1. The lowest BCUT2D eigenvalue weighted by atomic mass is 10.1. The lowest BCUT2D eigenvalue weighted by Crippen LogP contribution is -2.26. The van der Waals surface area contributed by atoms with E-state index in [2.05, 4.69) is 30.1 Å². The summed E-state index contributed by atoms with van der Waals surface area (Å²) in [6, 6.07) is 14.0. The third kappa shape index (κ3) is 4.61. The predicted molar refractivity (Wildman–Crippen MR) is 112 cm³/mol. The maximum Gasteiger partial charge on any atom is 0.287 e. The third-order valence-corrected chi connectivity index (χ3v) is 4.99. The monoisotopic (exact) mass is 398 g/mol. The highest BCUT2D eigenvalue weighted by atomic mass is 35.5. The molecular formula is C22H23ClN2O3. The zero-order valence-electron chi connectivity index (χ0n) is 16.0. The Hall–Kier alpha value is -2.63. The molecule has 5 nitrogen and oxygen atoms in total. The summed E-state index contributed by atoms with van der Waals surface area (Å²) in [7, 11) is 0. The SMILES string of the molecule is CCN(CC)Cc1ccccc1CNC(=O)c1cc(=O)c2cc(Cl)ccc2o1. The summed E-state index contributed by atoms with van der Waals surface area (Å²) >= 11 is 5.92. The Morgan fingerprint density at radius 2 is 1.79 bits per heavy atom. The minimum atomic E-state index is -0.424. The van der Waals surface area contributed by atoms with E-state index in [1.807, 2.05) is 18.2 Å². The number of carbonyl (C=O) groups is 1. The standard InChI is InChI=1S/C22H23ClN2O3/c1-3-25(4-2)14-16-8-6-5-7-15(16)13-24-22(27)21-12-19(26)18-11-17(23)9-10-20(18)28-21/h5-12H,3-4,13-14H2,1-2H3,(H,24,27). The van der Waals surface area contributed by atoms with Crippen LogP contribution in [0.1, 0.15) is 35.5 Å². The Kier molecular flexibility index (Phi) is 6.49. The number of rotatable bonds is 7. The second-order valence-corrected chi connectivity index (χ2v) is 6.96. The van der Waals surface area contributed by atoms with E-state index in [9.17, 15) is 9.59 Å². The maximum absolute atomic E-state index is 12.5. The first-order valence-electron chi connectivity index (χ1n) is 9.32. The summed E-state index contributed by atoms with van der Waals surface area (Å²) in [5, 5.41) is 3.65. The van der Waals surface area contributed by atoms with Crippen molar-refractivity contribution >= 4 is 28.5 Å². The van der Waals surface area contributed by atoms with E-state index in [4.69, 9.17) is 16.0 Å². The minimum absolute atomic E-state index is 0.0129. The van der Waals surface area contributed by atoms with Crippen LogP contribution in [0.15, 0.2) is 57.7 Å². The minimum Gasteiger partial charge on any atom is -0.451 e. The first-order valence-corrected chi connectivity index (χ1v) is 9.70. The van der Waals surface area contributed by atoms with E-state index in [0.717, 1.165) is 25.2 Å². The molecule has 1 aromatic heterocycles. The number of nitrogens with zero attached hydrogens (tertiary/aromatic N) is 1. The number of hydrogen-bond acceptors (Lipinski definition) is 4. The van der Waals surface area contributed by atoms with Gasteiger partial charge in [0.2, 0.25) is 0 Å². The van der Waals surface area contributed by atoms with Crippen LogP contribution >= 0.6 is 11.6 Å². The van der Waals surface area contributed by atoms with Crippen molar-refractivity contribution in [2.24, 2.45) is 0 Å². The quantitative estimate of drug-likeness (QED) is 0.647. The predicted octanol–water partition coefficient (Wildman–Crippen LogP) is 4.22. The molecule has 0 spiro atoms. The molecule has 0 bridgehead atoms. The lowest BCUT2D eigenvalue weighted by Gasteiger charge is -2.20. The van der Waals surface area contributed by atoms with Gasteiger partial charge < -0.3 is 9.73 Å². The molecule has 0 saturated carbocycles. The first kappa shape index (κ1) is 20.1. The van der Waals surface area contributed by atoms with Crippen molar-refractivity contribution in [2.45, 2.75) is 26.9 Å². The van der Waals surface area contributed by atoms with Gasteiger partial charge in [-0.2, -0.15) is 0 Å². The fraction of sp³-hybridized carbons (Fsp3) is 0.273. The molecule has 0 atom stereocenters. The average molecular weight is 399 g/mol. The molecule has 1 amide bonds. The van der Waals surface area contributed by atoms with Gasteiger partial charge in [-0.3, -0.25) is 14.5 Å². The third-order valence-electron chi connectivity index (χ3n) is 4.76. The number of carbonyl (C=O) groups excluding carboxylic acids is 1. The van der Waals surface area contributed by atoms with Gasteiger partial charge in [-0.15, -0.1) is 0 Å². The van der Waals surface area contributed by atoms with Crippen molar-refractivity contribution in [1.29, 1.82) is 0 Å². The van der Waals surface area contributed by atoms with Crippen LogP contribution in [0, 0.1) is 0 Å². The van der Waals surface area contributed by atoms with Gasteiger partial charge in [-0.1, -0.05) is 49.7 Å². The topological polar surface area (TPSA) is 62.6 Å². The largest absolute Gasteiger partial charge is 0.451 e. The fourth-order valence-corrected chi connectivity index (χ4v) is 3.25. The number of amides is 1. The maximum atomic E-state index is 12.5. The molecule has 0 aliphatic carbocycles. The van der Waals surface area contributed by atoms with Gasteiger partial charge in [0.1, 0.15) is 5.58 Å². The molecule has 3 rings (SSSR count). The highest BCUT2D eigenvalue weighted by Gasteiger charge is 2.14.